The second-order valence-electron chi connectivity index (χ2n) is 7.18. The highest BCUT2D eigenvalue weighted by molar-refractivity contribution is 5.80. The summed E-state index contributed by atoms with van der Waals surface area (Å²) in [6, 6.07) is 6.75. The van der Waals surface area contributed by atoms with Crippen molar-refractivity contribution in [2.75, 3.05) is 19.5 Å². The Morgan fingerprint density at radius 3 is 2.57 bits per heavy atom. The Kier molecular flexibility index (Phi) is 4.43. The van der Waals surface area contributed by atoms with E-state index < -0.39 is 42.0 Å². The van der Waals surface area contributed by atoms with Gasteiger partial charge in [0, 0.05) is 25.6 Å². The number of carbonyl (C=O) groups is 1. The van der Waals surface area contributed by atoms with Crippen molar-refractivity contribution >= 4 is 22.8 Å². The second kappa shape index (κ2) is 6.68. The molecule has 1 N–H and O–H groups in total. The molecule has 2 unspecified atom stereocenters. The van der Waals surface area contributed by atoms with Crippen LogP contribution in [0.5, 0.6) is 5.75 Å². The third-order valence-corrected chi connectivity index (χ3v) is 4.94. The third-order valence-electron chi connectivity index (χ3n) is 4.94. The molecule has 28 heavy (non-hydrogen) atoms. The zero-order valence-corrected chi connectivity index (χ0v) is 15.9. The van der Waals surface area contributed by atoms with Crippen molar-refractivity contribution in [1.29, 1.82) is 0 Å². The zero-order chi connectivity index (χ0) is 20.1. The van der Waals surface area contributed by atoms with Crippen LogP contribution in [-0.2, 0) is 18.9 Å². The molecule has 2 saturated heterocycles. The quantitative estimate of drug-likeness (QED) is 0.620. The van der Waals surface area contributed by atoms with E-state index in [0.29, 0.717) is 17.0 Å². The topological polar surface area (TPSA) is 105 Å². The van der Waals surface area contributed by atoms with Crippen LogP contribution in [0.3, 0.4) is 0 Å². The van der Waals surface area contributed by atoms with Crippen molar-refractivity contribution in [2.24, 2.45) is 0 Å². The highest BCUT2D eigenvalue weighted by atomic mass is 16.8. The Hall–Kier alpha value is -2.78. The van der Waals surface area contributed by atoms with Crippen molar-refractivity contribution < 1.29 is 32.9 Å². The average Bonchev–Trinajstić information content (AvgIpc) is 3.02. The fourth-order valence-electron chi connectivity index (χ4n) is 3.64. The molecule has 0 radical (unpaired) electrons. The Balaban J connectivity index is 1.64. The lowest BCUT2D eigenvalue weighted by Crippen LogP contribution is -2.62. The molecule has 4 atom stereocenters. The van der Waals surface area contributed by atoms with Gasteiger partial charge in [-0.2, -0.15) is 0 Å². The van der Waals surface area contributed by atoms with Gasteiger partial charge in [-0.1, -0.05) is 0 Å². The summed E-state index contributed by atoms with van der Waals surface area (Å²) in [6.07, 6.45) is -3.68. The van der Waals surface area contributed by atoms with E-state index in [2.05, 4.69) is 5.32 Å². The van der Waals surface area contributed by atoms with Gasteiger partial charge in [-0.3, -0.25) is 0 Å². The fraction of sp³-hybridized carbons (Fsp3) is 0.474. The third kappa shape index (κ3) is 3.06. The van der Waals surface area contributed by atoms with Crippen LogP contribution >= 0.6 is 0 Å². The largest absolute Gasteiger partial charge is 0.509 e. The lowest BCUT2D eigenvalue weighted by atomic mass is 9.89. The Morgan fingerprint density at radius 1 is 1.11 bits per heavy atom. The molecule has 2 aliphatic rings. The summed E-state index contributed by atoms with van der Waals surface area (Å²) in [7, 11) is 3.16. The molecule has 4 rings (SSSR count). The SMILES string of the molecule is CNc1cc2ccc(OC3OC(C)(C)[C@H](OC)C4OC(=O)O[C@H]34)cc2oc1=O. The number of hydrogen-bond donors (Lipinski definition) is 1. The first-order valence-corrected chi connectivity index (χ1v) is 8.82. The summed E-state index contributed by atoms with van der Waals surface area (Å²) in [5.74, 6) is 0.395. The van der Waals surface area contributed by atoms with E-state index in [-0.39, 0.29) is 0 Å². The number of methoxy groups -OCH3 is 1. The molecule has 150 valence electrons. The van der Waals surface area contributed by atoms with Crippen LogP contribution in [0.15, 0.2) is 33.5 Å². The van der Waals surface area contributed by atoms with Crippen LogP contribution < -0.4 is 15.7 Å². The van der Waals surface area contributed by atoms with Gasteiger partial charge in [-0.25, -0.2) is 9.59 Å². The minimum Gasteiger partial charge on any atom is -0.461 e. The number of ether oxygens (including phenoxy) is 5. The zero-order valence-electron chi connectivity index (χ0n) is 15.9. The first-order valence-electron chi connectivity index (χ1n) is 8.82. The minimum absolute atomic E-state index is 0.363. The molecule has 9 nitrogen and oxygen atoms in total. The number of rotatable bonds is 4. The van der Waals surface area contributed by atoms with E-state index in [1.165, 1.54) is 7.11 Å². The summed E-state index contributed by atoms with van der Waals surface area (Å²) < 4.78 is 33.2. The monoisotopic (exact) mass is 391 g/mol. The van der Waals surface area contributed by atoms with Gasteiger partial charge in [0.2, 0.25) is 12.4 Å². The molecule has 9 heteroatoms. The van der Waals surface area contributed by atoms with Gasteiger partial charge >= 0.3 is 11.8 Å². The average molecular weight is 391 g/mol. The number of fused-ring (bicyclic) bond motifs is 2. The molecule has 3 heterocycles. The van der Waals surface area contributed by atoms with E-state index in [1.807, 2.05) is 13.8 Å². The van der Waals surface area contributed by atoms with Crippen molar-refractivity contribution in [1.82, 2.24) is 0 Å². The van der Waals surface area contributed by atoms with Gasteiger partial charge in [-0.15, -0.1) is 0 Å². The number of hydrogen-bond acceptors (Lipinski definition) is 9. The minimum atomic E-state index is -0.918. The number of carbonyl (C=O) groups excluding carboxylic acids is 1. The Labute approximate surface area is 160 Å². The van der Waals surface area contributed by atoms with Gasteiger partial charge in [0.25, 0.3) is 0 Å². The van der Waals surface area contributed by atoms with Crippen molar-refractivity contribution in [3.8, 4) is 5.75 Å². The molecule has 2 fully saturated rings. The van der Waals surface area contributed by atoms with E-state index in [9.17, 15) is 9.59 Å². The lowest BCUT2D eigenvalue weighted by molar-refractivity contribution is -0.282. The standard InChI is InChI=1S/C19H21NO8/c1-19(2)15(23-4)13-14(27-18(22)26-13)17(28-19)24-10-6-5-9-7-11(20-3)16(21)25-12(9)8-10/h5-8,13-15,17,20H,1-4H3/t13?,14-,15+,17?/m0/s1. The number of anilines is 1. The van der Waals surface area contributed by atoms with Gasteiger partial charge in [0.1, 0.15) is 23.1 Å². The van der Waals surface area contributed by atoms with Crippen LogP contribution in [0.1, 0.15) is 13.8 Å². The van der Waals surface area contributed by atoms with Crippen LogP contribution in [0, 0.1) is 0 Å². The second-order valence-corrected chi connectivity index (χ2v) is 7.18. The predicted molar refractivity (Wildman–Crippen MR) is 97.5 cm³/mol. The molecular formula is C19H21NO8. The molecule has 0 bridgehead atoms. The summed E-state index contributed by atoms with van der Waals surface area (Å²) in [5, 5.41) is 3.51. The van der Waals surface area contributed by atoms with Crippen molar-refractivity contribution in [3.05, 3.63) is 34.7 Å². The molecule has 0 aliphatic carbocycles. The maximum absolute atomic E-state index is 11.9. The molecule has 0 saturated carbocycles. The molecule has 0 spiro atoms. The highest BCUT2D eigenvalue weighted by Crippen LogP contribution is 2.38. The van der Waals surface area contributed by atoms with Crippen molar-refractivity contribution in [2.45, 2.75) is 44.1 Å². The predicted octanol–water partition coefficient (Wildman–Crippen LogP) is 2.27. The van der Waals surface area contributed by atoms with Crippen LogP contribution in [0.25, 0.3) is 11.0 Å². The molecular weight excluding hydrogens is 370 g/mol. The van der Waals surface area contributed by atoms with E-state index in [1.54, 1.807) is 31.3 Å². The molecule has 1 aromatic heterocycles. The van der Waals surface area contributed by atoms with Crippen LogP contribution in [0.4, 0.5) is 10.5 Å². The molecule has 2 aliphatic heterocycles. The first-order chi connectivity index (χ1) is 13.3. The first kappa shape index (κ1) is 18.6. The smallest absolute Gasteiger partial charge is 0.461 e. The Morgan fingerprint density at radius 2 is 1.86 bits per heavy atom. The van der Waals surface area contributed by atoms with E-state index >= 15 is 0 Å². The summed E-state index contributed by atoms with van der Waals surface area (Å²) in [6.45, 7) is 3.64. The normalized spacial score (nSPS) is 28.4. The van der Waals surface area contributed by atoms with Gasteiger partial charge in [0.05, 0.1) is 5.60 Å². The number of benzene rings is 1. The van der Waals surface area contributed by atoms with Crippen LogP contribution in [-0.4, -0.2) is 50.5 Å². The van der Waals surface area contributed by atoms with Gasteiger partial charge in [0.15, 0.2) is 6.10 Å². The fourth-order valence-corrected chi connectivity index (χ4v) is 3.64. The van der Waals surface area contributed by atoms with E-state index in [0.717, 1.165) is 5.39 Å². The maximum Gasteiger partial charge on any atom is 0.509 e. The van der Waals surface area contributed by atoms with Gasteiger partial charge in [-0.05, 0) is 32.0 Å². The number of nitrogens with one attached hydrogen (secondary N) is 1. The summed E-state index contributed by atoms with van der Waals surface area (Å²) >= 11 is 0. The molecule has 1 aromatic carbocycles. The summed E-state index contributed by atoms with van der Waals surface area (Å²) in [4.78, 5) is 23.6. The van der Waals surface area contributed by atoms with E-state index in [4.69, 9.17) is 28.1 Å². The lowest BCUT2D eigenvalue weighted by Gasteiger charge is -2.45. The molecule has 2 aromatic rings. The van der Waals surface area contributed by atoms with Crippen LogP contribution in [0.2, 0.25) is 0 Å². The maximum atomic E-state index is 11.9. The molecule has 0 amide bonds. The Bertz CT molecular complexity index is 968. The summed E-state index contributed by atoms with van der Waals surface area (Å²) in [5.41, 5.74) is -0.549. The highest BCUT2D eigenvalue weighted by Gasteiger charge is 2.58. The van der Waals surface area contributed by atoms with Gasteiger partial charge < -0.3 is 33.4 Å². The van der Waals surface area contributed by atoms with Crippen molar-refractivity contribution in [3.63, 3.8) is 0 Å².